The Labute approximate surface area is 153 Å². The zero-order valence-electron chi connectivity index (χ0n) is 14.9. The van der Waals surface area contributed by atoms with Gasteiger partial charge in [-0.2, -0.15) is 0 Å². The molecule has 1 fully saturated rings. The average Bonchev–Trinajstić information content (AvgIpc) is 2.69. The van der Waals surface area contributed by atoms with Crippen LogP contribution in [0.25, 0.3) is 0 Å². The molecule has 0 spiro atoms. The highest BCUT2D eigenvalue weighted by molar-refractivity contribution is 5.90. The van der Waals surface area contributed by atoms with Gasteiger partial charge in [0.05, 0.1) is 19.8 Å². The molecule has 26 heavy (non-hydrogen) atoms. The second kappa shape index (κ2) is 9.17. The Kier molecular flexibility index (Phi) is 6.40. The molecule has 1 aromatic heterocycles. The van der Waals surface area contributed by atoms with E-state index in [0.717, 1.165) is 35.7 Å². The molecule has 3 rings (SSSR count). The fourth-order valence-electron chi connectivity index (χ4n) is 2.89. The lowest BCUT2D eigenvalue weighted by molar-refractivity contribution is 0.122. The van der Waals surface area contributed by atoms with Gasteiger partial charge >= 0.3 is 6.03 Å². The molecule has 138 valence electrons. The molecule has 1 aromatic carbocycles. The van der Waals surface area contributed by atoms with Crippen LogP contribution in [-0.4, -0.2) is 44.4 Å². The van der Waals surface area contributed by atoms with Crippen molar-refractivity contribution < 1.29 is 14.3 Å². The van der Waals surface area contributed by atoms with Crippen molar-refractivity contribution in [2.24, 2.45) is 0 Å². The molecule has 2 N–H and O–H groups in total. The number of nitrogens with one attached hydrogen (secondary N) is 2. The number of carbonyl (C=O) groups is 1. The van der Waals surface area contributed by atoms with Gasteiger partial charge in [-0.3, -0.25) is 0 Å². The number of hydrogen-bond donors (Lipinski definition) is 2. The van der Waals surface area contributed by atoms with Crippen LogP contribution in [0, 0.1) is 0 Å². The molecule has 0 bridgehead atoms. The van der Waals surface area contributed by atoms with E-state index in [4.69, 9.17) is 9.47 Å². The SMILES string of the molecule is COCc1ccccc1NC(=O)NCc1cccnc1N1CCOCC1. The minimum absolute atomic E-state index is 0.259. The molecule has 0 radical (unpaired) electrons. The number of anilines is 2. The highest BCUT2D eigenvalue weighted by Gasteiger charge is 2.16. The van der Waals surface area contributed by atoms with Crippen LogP contribution in [0.5, 0.6) is 0 Å². The van der Waals surface area contributed by atoms with Crippen LogP contribution in [0.3, 0.4) is 0 Å². The molecule has 2 aromatic rings. The number of ether oxygens (including phenoxy) is 2. The molecule has 0 saturated carbocycles. The normalized spacial score (nSPS) is 14.1. The van der Waals surface area contributed by atoms with Crippen molar-refractivity contribution >= 4 is 17.5 Å². The van der Waals surface area contributed by atoms with Crippen molar-refractivity contribution in [1.82, 2.24) is 10.3 Å². The summed E-state index contributed by atoms with van der Waals surface area (Å²) in [5, 5.41) is 5.79. The number of morpholine rings is 1. The van der Waals surface area contributed by atoms with Crippen LogP contribution < -0.4 is 15.5 Å². The molecule has 1 aliphatic heterocycles. The number of pyridine rings is 1. The number of methoxy groups -OCH3 is 1. The van der Waals surface area contributed by atoms with Gasteiger partial charge in [-0.15, -0.1) is 0 Å². The van der Waals surface area contributed by atoms with Crippen molar-refractivity contribution in [3.63, 3.8) is 0 Å². The fourth-order valence-corrected chi connectivity index (χ4v) is 2.89. The number of benzene rings is 1. The lowest BCUT2D eigenvalue weighted by Crippen LogP contribution is -2.38. The summed E-state index contributed by atoms with van der Waals surface area (Å²) in [6, 6.07) is 11.2. The summed E-state index contributed by atoms with van der Waals surface area (Å²) in [4.78, 5) is 19.0. The largest absolute Gasteiger partial charge is 0.380 e. The van der Waals surface area contributed by atoms with E-state index < -0.39 is 0 Å². The lowest BCUT2D eigenvalue weighted by atomic mass is 10.2. The minimum atomic E-state index is -0.259. The summed E-state index contributed by atoms with van der Waals surface area (Å²) in [7, 11) is 1.63. The molecule has 2 heterocycles. The highest BCUT2D eigenvalue weighted by Crippen LogP contribution is 2.19. The molecular formula is C19H24N4O3. The molecule has 1 aliphatic rings. The fraction of sp³-hybridized carbons (Fsp3) is 0.368. The average molecular weight is 356 g/mol. The van der Waals surface area contributed by atoms with Gasteiger partial charge in [0.15, 0.2) is 0 Å². The summed E-state index contributed by atoms with van der Waals surface area (Å²) in [5.41, 5.74) is 2.65. The first-order valence-corrected chi connectivity index (χ1v) is 8.66. The van der Waals surface area contributed by atoms with Gasteiger partial charge < -0.3 is 25.0 Å². The van der Waals surface area contributed by atoms with E-state index >= 15 is 0 Å². The molecule has 0 aliphatic carbocycles. The highest BCUT2D eigenvalue weighted by atomic mass is 16.5. The Hall–Kier alpha value is -2.64. The summed E-state index contributed by atoms with van der Waals surface area (Å²) in [6.07, 6.45) is 1.77. The third kappa shape index (κ3) is 4.71. The molecule has 2 amide bonds. The topological polar surface area (TPSA) is 75.7 Å². The van der Waals surface area contributed by atoms with Crippen LogP contribution in [0.1, 0.15) is 11.1 Å². The first-order chi connectivity index (χ1) is 12.8. The summed E-state index contributed by atoms with van der Waals surface area (Å²) < 4.78 is 10.6. The summed E-state index contributed by atoms with van der Waals surface area (Å²) in [6.45, 7) is 3.85. The summed E-state index contributed by atoms with van der Waals surface area (Å²) in [5.74, 6) is 0.899. The number of amides is 2. The molecule has 7 heteroatoms. The predicted molar refractivity (Wildman–Crippen MR) is 100 cm³/mol. The number of nitrogens with zero attached hydrogens (tertiary/aromatic N) is 2. The maximum absolute atomic E-state index is 12.3. The summed E-state index contributed by atoms with van der Waals surface area (Å²) >= 11 is 0. The molecule has 0 atom stereocenters. The molecule has 1 saturated heterocycles. The van der Waals surface area contributed by atoms with Gasteiger partial charge in [-0.25, -0.2) is 9.78 Å². The quantitative estimate of drug-likeness (QED) is 0.831. The number of hydrogen-bond acceptors (Lipinski definition) is 5. The van der Waals surface area contributed by atoms with E-state index in [1.54, 1.807) is 13.3 Å². The zero-order chi connectivity index (χ0) is 18.2. The van der Waals surface area contributed by atoms with Gasteiger partial charge in [-0.1, -0.05) is 24.3 Å². The Morgan fingerprint density at radius 2 is 1.96 bits per heavy atom. The standard InChI is InChI=1S/C19H24N4O3/c1-25-14-16-5-2-3-7-17(16)22-19(24)21-13-15-6-4-8-20-18(15)23-9-11-26-12-10-23/h2-8H,9-14H2,1H3,(H2,21,22,24). The van der Waals surface area contributed by atoms with E-state index in [9.17, 15) is 4.79 Å². The van der Waals surface area contributed by atoms with Gasteiger partial charge in [0.25, 0.3) is 0 Å². The van der Waals surface area contributed by atoms with Crippen molar-refractivity contribution in [3.8, 4) is 0 Å². The van der Waals surface area contributed by atoms with E-state index in [1.807, 2.05) is 36.4 Å². The van der Waals surface area contributed by atoms with Gasteiger partial charge in [0.2, 0.25) is 0 Å². The Morgan fingerprint density at radius 1 is 1.19 bits per heavy atom. The van der Waals surface area contributed by atoms with Crippen LogP contribution in [0.4, 0.5) is 16.3 Å². The van der Waals surface area contributed by atoms with E-state index in [-0.39, 0.29) is 6.03 Å². The van der Waals surface area contributed by atoms with Gasteiger partial charge in [0, 0.05) is 49.8 Å². The Morgan fingerprint density at radius 3 is 2.77 bits per heavy atom. The van der Waals surface area contributed by atoms with E-state index in [1.165, 1.54) is 0 Å². The number of rotatable bonds is 6. The molecule has 0 unspecified atom stereocenters. The number of carbonyl (C=O) groups excluding carboxylic acids is 1. The van der Waals surface area contributed by atoms with Crippen LogP contribution in [-0.2, 0) is 22.6 Å². The Bertz CT molecular complexity index is 732. The monoisotopic (exact) mass is 356 g/mol. The number of urea groups is 1. The van der Waals surface area contributed by atoms with Crippen molar-refractivity contribution in [1.29, 1.82) is 0 Å². The van der Waals surface area contributed by atoms with Crippen LogP contribution >= 0.6 is 0 Å². The predicted octanol–water partition coefficient (Wildman–Crippen LogP) is 2.39. The maximum Gasteiger partial charge on any atom is 0.319 e. The van der Waals surface area contributed by atoms with E-state index in [0.29, 0.717) is 26.4 Å². The molecule has 7 nitrogen and oxygen atoms in total. The van der Waals surface area contributed by atoms with Crippen molar-refractivity contribution in [2.75, 3.05) is 43.6 Å². The second-order valence-electron chi connectivity index (χ2n) is 5.98. The van der Waals surface area contributed by atoms with Crippen LogP contribution in [0.2, 0.25) is 0 Å². The second-order valence-corrected chi connectivity index (χ2v) is 5.98. The number of aromatic nitrogens is 1. The third-order valence-electron chi connectivity index (χ3n) is 4.18. The first-order valence-electron chi connectivity index (χ1n) is 8.66. The lowest BCUT2D eigenvalue weighted by Gasteiger charge is -2.29. The van der Waals surface area contributed by atoms with Gasteiger partial charge in [-0.05, 0) is 12.1 Å². The maximum atomic E-state index is 12.3. The number of para-hydroxylation sites is 1. The van der Waals surface area contributed by atoms with Crippen molar-refractivity contribution in [2.45, 2.75) is 13.2 Å². The van der Waals surface area contributed by atoms with Crippen molar-refractivity contribution in [3.05, 3.63) is 53.7 Å². The van der Waals surface area contributed by atoms with E-state index in [2.05, 4.69) is 20.5 Å². The first kappa shape index (κ1) is 18.2. The smallest absolute Gasteiger partial charge is 0.319 e. The van der Waals surface area contributed by atoms with Crippen LogP contribution in [0.15, 0.2) is 42.6 Å². The molecular weight excluding hydrogens is 332 g/mol. The zero-order valence-corrected chi connectivity index (χ0v) is 14.9. The Balaban J connectivity index is 1.62. The van der Waals surface area contributed by atoms with Gasteiger partial charge in [0.1, 0.15) is 5.82 Å². The third-order valence-corrected chi connectivity index (χ3v) is 4.18. The minimum Gasteiger partial charge on any atom is -0.380 e.